The van der Waals surface area contributed by atoms with Crippen LogP contribution in [0, 0.1) is 18.3 Å². The molecule has 0 radical (unpaired) electrons. The van der Waals surface area contributed by atoms with Crippen molar-refractivity contribution in [2.75, 3.05) is 44.9 Å². The third-order valence-electron chi connectivity index (χ3n) is 8.75. The number of rotatable bonds is 4. The lowest BCUT2D eigenvalue weighted by atomic mass is 9.74. The molecule has 1 N–H and O–H groups in total. The molecular weight excluding hydrogens is 461 g/mol. The van der Waals surface area contributed by atoms with Crippen LogP contribution >= 0.6 is 0 Å². The molecule has 1 aliphatic carbocycles. The molecule has 6 atom stereocenters. The number of aryl methyl sites for hydroxylation is 1. The topological polar surface area (TPSA) is 66.9 Å². The maximum absolute atomic E-state index is 13.7. The van der Waals surface area contributed by atoms with Crippen LogP contribution in [0.2, 0.25) is 0 Å². The number of piperazine rings is 1. The predicted molar refractivity (Wildman–Crippen MR) is 124 cm³/mol. The van der Waals surface area contributed by atoms with Gasteiger partial charge in [0.1, 0.15) is 5.82 Å². The number of aromatic nitrogens is 1. The van der Waals surface area contributed by atoms with Gasteiger partial charge in [-0.25, -0.2) is 4.98 Å². The van der Waals surface area contributed by atoms with E-state index in [4.69, 9.17) is 9.47 Å². The zero-order valence-electron chi connectivity index (χ0n) is 20.6. The molecule has 194 valence electrons. The van der Waals surface area contributed by atoms with Crippen molar-refractivity contribution in [3.05, 3.63) is 23.4 Å². The molecule has 1 saturated carbocycles. The van der Waals surface area contributed by atoms with Gasteiger partial charge in [-0.3, -0.25) is 4.79 Å². The second-order valence-corrected chi connectivity index (χ2v) is 10.7. The molecule has 1 aromatic rings. The summed E-state index contributed by atoms with van der Waals surface area (Å²) in [6, 6.07) is 2.65. The normalized spacial score (nSPS) is 35.7. The van der Waals surface area contributed by atoms with Crippen LogP contribution in [0.15, 0.2) is 12.1 Å². The Hall–Kier alpha value is -1.91. The average molecular weight is 497 g/mol. The van der Waals surface area contributed by atoms with Gasteiger partial charge in [-0.15, -0.1) is 0 Å². The van der Waals surface area contributed by atoms with Gasteiger partial charge in [0.15, 0.2) is 0 Å². The minimum absolute atomic E-state index is 0.0142. The quantitative estimate of drug-likeness (QED) is 0.692. The smallest absolute Gasteiger partial charge is 0.379 e. The lowest BCUT2D eigenvalue weighted by Crippen LogP contribution is -2.53. The van der Waals surface area contributed by atoms with Crippen molar-refractivity contribution in [2.45, 2.75) is 69.9 Å². The SMILES string of the molecule is COC1COCCC1N[C@@H]1CC[C@@]2(C1)C(=O)N1CCN(c3cc(C(F)(F)F)cc(C)n3)CC1C2C. The van der Waals surface area contributed by atoms with E-state index in [-0.39, 0.29) is 36.1 Å². The summed E-state index contributed by atoms with van der Waals surface area (Å²) in [6.07, 6.45) is -0.960. The summed E-state index contributed by atoms with van der Waals surface area (Å²) >= 11 is 0. The van der Waals surface area contributed by atoms with Crippen LogP contribution in [-0.4, -0.2) is 80.0 Å². The van der Waals surface area contributed by atoms with Crippen LogP contribution in [0.1, 0.15) is 43.9 Å². The van der Waals surface area contributed by atoms with Crippen molar-refractivity contribution < 1.29 is 27.4 Å². The Balaban J connectivity index is 1.30. The number of anilines is 1. The van der Waals surface area contributed by atoms with Crippen LogP contribution in [-0.2, 0) is 20.4 Å². The molecule has 3 saturated heterocycles. The van der Waals surface area contributed by atoms with Gasteiger partial charge >= 0.3 is 6.18 Å². The molecule has 4 heterocycles. The third kappa shape index (κ3) is 4.42. The van der Waals surface area contributed by atoms with Crippen molar-refractivity contribution in [2.24, 2.45) is 11.3 Å². The first-order valence-corrected chi connectivity index (χ1v) is 12.6. The Bertz CT molecular complexity index is 960. The number of fused-ring (bicyclic) bond motifs is 1. The summed E-state index contributed by atoms with van der Waals surface area (Å²) in [7, 11) is 1.71. The molecule has 0 aromatic carbocycles. The summed E-state index contributed by atoms with van der Waals surface area (Å²) in [5.41, 5.74) is -0.749. The zero-order valence-corrected chi connectivity index (χ0v) is 20.6. The molecule has 1 aromatic heterocycles. The first-order chi connectivity index (χ1) is 16.6. The number of nitrogens with zero attached hydrogens (tertiary/aromatic N) is 3. The molecule has 35 heavy (non-hydrogen) atoms. The van der Waals surface area contributed by atoms with Gasteiger partial charge in [-0.2, -0.15) is 13.2 Å². The van der Waals surface area contributed by atoms with E-state index in [1.165, 1.54) is 0 Å². The van der Waals surface area contributed by atoms with E-state index in [2.05, 4.69) is 17.2 Å². The standard InChI is InChI=1S/C25H35F3N4O3/c1-15-10-17(25(26,27)28)11-22(29-15)31-7-8-32-20(13-31)16(2)24(23(32)33)6-4-18(12-24)30-19-5-9-35-14-21(19)34-3/h10-11,16,18-21,30H,4-9,12-14H2,1-3H3/t16?,18-,19?,20?,21?,24+/m1/s1. The highest BCUT2D eigenvalue weighted by molar-refractivity contribution is 5.87. The summed E-state index contributed by atoms with van der Waals surface area (Å²) in [4.78, 5) is 22.0. The fourth-order valence-corrected chi connectivity index (χ4v) is 6.79. The Kier molecular flexibility index (Phi) is 6.51. The van der Waals surface area contributed by atoms with E-state index >= 15 is 0 Å². The van der Waals surface area contributed by atoms with E-state index in [1.807, 2.05) is 9.80 Å². The minimum Gasteiger partial charge on any atom is -0.379 e. The van der Waals surface area contributed by atoms with Crippen LogP contribution in [0.4, 0.5) is 19.0 Å². The molecule has 3 aliphatic heterocycles. The number of amides is 1. The summed E-state index contributed by atoms with van der Waals surface area (Å²) in [5, 5.41) is 3.75. The predicted octanol–water partition coefficient (Wildman–Crippen LogP) is 3.01. The summed E-state index contributed by atoms with van der Waals surface area (Å²) in [5.74, 6) is 0.667. The van der Waals surface area contributed by atoms with Crippen molar-refractivity contribution >= 4 is 11.7 Å². The van der Waals surface area contributed by atoms with Gasteiger partial charge in [0.05, 0.1) is 29.7 Å². The van der Waals surface area contributed by atoms with E-state index < -0.39 is 17.2 Å². The molecule has 5 rings (SSSR count). The number of hydrogen-bond donors (Lipinski definition) is 1. The minimum atomic E-state index is -4.41. The number of alkyl halides is 3. The second kappa shape index (κ2) is 9.19. The number of nitrogens with one attached hydrogen (secondary N) is 1. The van der Waals surface area contributed by atoms with E-state index in [1.54, 1.807) is 14.0 Å². The largest absolute Gasteiger partial charge is 0.416 e. The van der Waals surface area contributed by atoms with Gasteiger partial charge < -0.3 is 24.6 Å². The Morgan fingerprint density at radius 3 is 2.80 bits per heavy atom. The van der Waals surface area contributed by atoms with Crippen LogP contribution in [0.3, 0.4) is 0 Å². The first kappa shape index (κ1) is 24.8. The number of hydrogen-bond acceptors (Lipinski definition) is 6. The zero-order chi connectivity index (χ0) is 25.0. The maximum Gasteiger partial charge on any atom is 0.416 e. The number of carbonyl (C=O) groups is 1. The van der Waals surface area contributed by atoms with Crippen LogP contribution in [0.25, 0.3) is 0 Å². The fraction of sp³-hybridized carbons (Fsp3) is 0.760. The number of halogens is 3. The summed E-state index contributed by atoms with van der Waals surface area (Å²) in [6.45, 7) is 6.52. The van der Waals surface area contributed by atoms with Crippen LogP contribution < -0.4 is 10.2 Å². The summed E-state index contributed by atoms with van der Waals surface area (Å²) < 4.78 is 51.3. The van der Waals surface area contributed by atoms with Gasteiger partial charge in [0.2, 0.25) is 5.91 Å². The Morgan fingerprint density at radius 1 is 1.26 bits per heavy atom. The molecule has 7 nitrogen and oxygen atoms in total. The van der Waals surface area contributed by atoms with E-state index in [0.717, 1.165) is 37.8 Å². The molecule has 1 spiro atoms. The molecule has 0 bridgehead atoms. The number of pyridine rings is 1. The third-order valence-corrected chi connectivity index (χ3v) is 8.75. The lowest BCUT2D eigenvalue weighted by molar-refractivity contribution is -0.138. The highest BCUT2D eigenvalue weighted by Crippen LogP contribution is 2.53. The Labute approximate surface area is 204 Å². The number of carbonyl (C=O) groups excluding carboxylic acids is 1. The first-order valence-electron chi connectivity index (χ1n) is 12.6. The Morgan fingerprint density at radius 2 is 2.06 bits per heavy atom. The van der Waals surface area contributed by atoms with Crippen molar-refractivity contribution in [1.82, 2.24) is 15.2 Å². The lowest BCUT2D eigenvalue weighted by Gasteiger charge is -2.39. The van der Waals surface area contributed by atoms with Gasteiger partial charge in [0.25, 0.3) is 0 Å². The molecule has 4 fully saturated rings. The van der Waals surface area contributed by atoms with E-state index in [9.17, 15) is 18.0 Å². The molecule has 4 unspecified atom stereocenters. The molecular formula is C25H35F3N4O3. The van der Waals surface area contributed by atoms with Crippen LogP contribution in [0.5, 0.6) is 0 Å². The highest BCUT2D eigenvalue weighted by atomic mass is 19.4. The molecule has 10 heteroatoms. The average Bonchev–Trinajstić information content (AvgIpc) is 3.34. The fourth-order valence-electron chi connectivity index (χ4n) is 6.79. The van der Waals surface area contributed by atoms with Gasteiger partial charge in [-0.1, -0.05) is 6.92 Å². The maximum atomic E-state index is 13.7. The van der Waals surface area contributed by atoms with Crippen molar-refractivity contribution in [3.63, 3.8) is 0 Å². The molecule has 1 amide bonds. The second-order valence-electron chi connectivity index (χ2n) is 10.7. The molecule has 4 aliphatic rings. The monoisotopic (exact) mass is 496 g/mol. The van der Waals surface area contributed by atoms with E-state index in [0.29, 0.717) is 44.4 Å². The van der Waals surface area contributed by atoms with Gasteiger partial charge in [0, 0.05) is 51.1 Å². The highest BCUT2D eigenvalue weighted by Gasteiger charge is 2.60. The van der Waals surface area contributed by atoms with Crippen molar-refractivity contribution in [3.8, 4) is 0 Å². The number of ether oxygens (including phenoxy) is 2. The number of methoxy groups -OCH3 is 1. The van der Waals surface area contributed by atoms with Crippen molar-refractivity contribution in [1.29, 1.82) is 0 Å². The van der Waals surface area contributed by atoms with Gasteiger partial charge in [-0.05, 0) is 50.7 Å².